The molecule has 2 aromatic heterocycles. The van der Waals surface area contributed by atoms with Crippen LogP contribution in [-0.4, -0.2) is 36.5 Å². The van der Waals surface area contributed by atoms with Gasteiger partial charge in [0.1, 0.15) is 0 Å². The second-order valence-corrected chi connectivity index (χ2v) is 13.8. The van der Waals surface area contributed by atoms with Crippen LogP contribution >= 0.6 is 0 Å². The van der Waals surface area contributed by atoms with E-state index in [4.69, 9.17) is 23.1 Å². The third-order valence-corrected chi connectivity index (χ3v) is 11.0. The Morgan fingerprint density at radius 2 is 1.86 bits per heavy atom. The minimum absolute atomic E-state index is 0.471. The molecule has 0 fully saturated rings. The number of oxazole rings is 1. The van der Waals surface area contributed by atoms with Crippen molar-refractivity contribution in [3.05, 3.63) is 81.7 Å². The molecule has 0 saturated carbocycles. The van der Waals surface area contributed by atoms with Crippen molar-refractivity contribution in [2.45, 2.75) is 20.4 Å². The summed E-state index contributed by atoms with van der Waals surface area (Å²) in [5.74, 6) is 0.889. The largest absolute Gasteiger partial charge is 0.222 e. The Kier molecular flexibility index (Phi) is 8.03. The molecule has 0 bridgehead atoms. The SMILES string of the molecule is CC[n+]1c(C=CC(C)=CC=C2[Se]c3[se]ccc3N2C)oc2ccc3ccccc3c21.[O-][Cl+3]([O-])([O-])[O-]. The van der Waals surface area contributed by atoms with E-state index in [0.717, 1.165) is 18.0 Å². The van der Waals surface area contributed by atoms with E-state index in [-0.39, 0.29) is 0 Å². The van der Waals surface area contributed by atoms with Gasteiger partial charge in [-0.05, 0) is 0 Å². The van der Waals surface area contributed by atoms with E-state index in [1.165, 1.54) is 32.1 Å². The minimum Gasteiger partial charge on any atom is -0.222 e. The monoisotopic (exact) mass is 626 g/mol. The molecule has 0 spiro atoms. The first-order chi connectivity index (χ1) is 16.7. The Balaban J connectivity index is 0.000000527. The van der Waals surface area contributed by atoms with Gasteiger partial charge in [0.15, 0.2) is 0 Å². The third-order valence-electron chi connectivity index (χ3n) is 5.41. The number of nitrogens with zero attached hydrogens (tertiary/aromatic N) is 2. The molecule has 0 aliphatic carbocycles. The summed E-state index contributed by atoms with van der Waals surface area (Å²) in [5, 5.41) is 2.48. The molecular weight excluding hydrogens is 602 g/mol. The van der Waals surface area contributed by atoms with Crippen LogP contribution in [0.15, 0.2) is 80.2 Å². The van der Waals surface area contributed by atoms with Gasteiger partial charge in [-0.15, -0.1) is 10.2 Å². The van der Waals surface area contributed by atoms with Crippen LogP contribution in [0.1, 0.15) is 19.7 Å². The van der Waals surface area contributed by atoms with Crippen molar-refractivity contribution < 1.29 is 37.9 Å². The summed E-state index contributed by atoms with van der Waals surface area (Å²) in [5.41, 5.74) is 4.75. The maximum Gasteiger partial charge on any atom is -0.112 e. The van der Waals surface area contributed by atoms with Gasteiger partial charge >= 0.3 is 183 Å². The van der Waals surface area contributed by atoms with Gasteiger partial charge in [-0.2, -0.15) is 0 Å². The van der Waals surface area contributed by atoms with Gasteiger partial charge in [-0.1, -0.05) is 6.07 Å². The van der Waals surface area contributed by atoms with Crippen molar-refractivity contribution in [3.8, 4) is 0 Å². The number of hydrogen-bond acceptors (Lipinski definition) is 6. The zero-order valence-corrected chi connectivity index (χ0v) is 23.4. The van der Waals surface area contributed by atoms with Crippen molar-refractivity contribution >= 4 is 66.4 Å². The summed E-state index contributed by atoms with van der Waals surface area (Å²) in [4.78, 5) is 4.68. The van der Waals surface area contributed by atoms with E-state index in [1.807, 2.05) is 0 Å². The summed E-state index contributed by atoms with van der Waals surface area (Å²) in [6.45, 7) is 5.18. The molecule has 2 aromatic carbocycles. The fourth-order valence-electron chi connectivity index (χ4n) is 3.81. The molecule has 35 heavy (non-hydrogen) atoms. The van der Waals surface area contributed by atoms with Gasteiger partial charge in [-0.3, -0.25) is 0 Å². The fourth-order valence-corrected chi connectivity index (χ4v) is 9.16. The van der Waals surface area contributed by atoms with Crippen molar-refractivity contribution in [2.75, 3.05) is 11.9 Å². The number of benzene rings is 2. The van der Waals surface area contributed by atoms with Crippen LogP contribution in [0.5, 0.6) is 0 Å². The number of rotatable bonds is 4. The summed E-state index contributed by atoms with van der Waals surface area (Å²) in [6, 6.07) is 15.0. The molecule has 5 rings (SSSR count). The molecule has 0 radical (unpaired) electrons. The number of aromatic nitrogens is 1. The van der Waals surface area contributed by atoms with Crippen molar-refractivity contribution in [2.24, 2.45) is 0 Å². The predicted molar refractivity (Wildman–Crippen MR) is 128 cm³/mol. The minimum atomic E-state index is -4.94. The van der Waals surface area contributed by atoms with Gasteiger partial charge < -0.3 is 0 Å². The number of anilines is 1. The number of allylic oxidation sites excluding steroid dienone is 4. The van der Waals surface area contributed by atoms with Crippen LogP contribution in [0, 0.1) is 10.2 Å². The summed E-state index contributed by atoms with van der Waals surface area (Å²) in [6.07, 6.45) is 8.74. The molecule has 1 aliphatic heterocycles. The zero-order chi connectivity index (χ0) is 25.2. The van der Waals surface area contributed by atoms with E-state index in [2.05, 4.69) is 102 Å². The molecule has 7 nitrogen and oxygen atoms in total. The Bertz CT molecular complexity index is 1440. The third kappa shape index (κ3) is 6.16. The number of halogens is 1. The normalized spacial score (nSPS) is 15.3. The number of hydrogen-bond donors (Lipinski definition) is 0. The topological polar surface area (TPSA) is 112 Å². The van der Waals surface area contributed by atoms with Crippen LogP contribution in [-0.2, 0) is 6.54 Å². The second kappa shape index (κ2) is 10.8. The van der Waals surface area contributed by atoms with Gasteiger partial charge in [0.05, 0.1) is 0 Å². The quantitative estimate of drug-likeness (QED) is 0.172. The van der Waals surface area contributed by atoms with Gasteiger partial charge in [0, 0.05) is 0 Å². The van der Waals surface area contributed by atoms with Gasteiger partial charge in [0.25, 0.3) is 0 Å². The van der Waals surface area contributed by atoms with Crippen molar-refractivity contribution in [3.63, 3.8) is 0 Å². The number of fused-ring (bicyclic) bond motifs is 4. The summed E-state index contributed by atoms with van der Waals surface area (Å²) in [7, 11) is -2.76. The fraction of sp³-hybridized carbons (Fsp3) is 0.160. The van der Waals surface area contributed by atoms with Crippen molar-refractivity contribution in [1.82, 2.24) is 0 Å². The molecule has 3 heterocycles. The Morgan fingerprint density at radius 1 is 1.11 bits per heavy atom. The van der Waals surface area contributed by atoms with E-state index >= 15 is 0 Å². The Hall–Kier alpha value is -2.16. The molecule has 0 unspecified atom stereocenters. The molecule has 182 valence electrons. The standard InChI is InChI=1S/C25H23N2OSe2.ClHO4/c1-4-27-22(28-21-12-11-18-7-5-6-8-19(18)24(21)27)13-9-17(2)10-14-23-26(3)20-15-16-29-25(20)30-23;2-1(3,4)5/h5-16H,4H2,1-3H3;(H,2,3,4,5)/q+1;/p-1. The molecule has 0 saturated heterocycles. The van der Waals surface area contributed by atoms with Crippen LogP contribution < -0.4 is 31.4 Å². The van der Waals surface area contributed by atoms with Gasteiger partial charge in [-0.25, -0.2) is 18.6 Å². The first-order valence-electron chi connectivity index (χ1n) is 10.7. The first-order valence-corrected chi connectivity index (χ1v) is 15.5. The van der Waals surface area contributed by atoms with Gasteiger partial charge in [0.2, 0.25) is 0 Å². The molecule has 10 heteroatoms. The zero-order valence-electron chi connectivity index (χ0n) is 19.3. The summed E-state index contributed by atoms with van der Waals surface area (Å²) >= 11 is 1.04. The van der Waals surface area contributed by atoms with Crippen LogP contribution in [0.4, 0.5) is 5.69 Å². The average Bonchev–Trinajstić information content (AvgIpc) is 3.49. The average molecular weight is 625 g/mol. The van der Waals surface area contributed by atoms with Crippen molar-refractivity contribution in [1.29, 1.82) is 0 Å². The van der Waals surface area contributed by atoms with E-state index in [0.29, 0.717) is 29.5 Å². The Labute approximate surface area is 217 Å². The molecule has 0 amide bonds. The smallest absolute Gasteiger partial charge is 0.112 e. The van der Waals surface area contributed by atoms with Crippen LogP contribution in [0.2, 0.25) is 0 Å². The maximum absolute atomic E-state index is 8.49. The second-order valence-electron chi connectivity index (χ2n) is 7.70. The molecule has 4 aromatic rings. The number of aryl methyl sites for hydroxylation is 1. The predicted octanol–water partition coefficient (Wildman–Crippen LogP) is -0.525. The van der Waals surface area contributed by atoms with E-state index in [1.54, 1.807) is 3.34 Å². The van der Waals surface area contributed by atoms with E-state index < -0.39 is 10.2 Å². The molecule has 0 atom stereocenters. The Morgan fingerprint density at radius 3 is 2.57 bits per heavy atom. The molecule has 1 aliphatic rings. The molecule has 0 N–H and O–H groups in total. The first kappa shape index (κ1) is 25.9. The van der Waals surface area contributed by atoms with Crippen LogP contribution in [0.25, 0.3) is 27.9 Å². The summed E-state index contributed by atoms with van der Waals surface area (Å²) < 4.78 is 45.5. The van der Waals surface area contributed by atoms with E-state index in [9.17, 15) is 0 Å². The maximum atomic E-state index is 8.49. The molecular formula is C25H23ClN2O5Se2. The van der Waals surface area contributed by atoms with Crippen LogP contribution in [0.3, 0.4) is 0 Å².